The third-order valence-corrected chi connectivity index (χ3v) is 5.15. The highest BCUT2D eigenvalue weighted by atomic mass is 35.5. The van der Waals surface area contributed by atoms with Crippen molar-refractivity contribution in [2.75, 3.05) is 50.6 Å². The highest BCUT2D eigenvalue weighted by molar-refractivity contribution is 7.80. The number of rotatable bonds is 4. The molecule has 1 saturated heterocycles. The van der Waals surface area contributed by atoms with E-state index in [1.54, 1.807) is 38.5 Å². The summed E-state index contributed by atoms with van der Waals surface area (Å²) in [4.78, 5) is 4.39. The maximum Gasteiger partial charge on any atom is 0.173 e. The number of hydrogen-bond donors (Lipinski definition) is 2. The predicted octanol–water partition coefficient (Wildman–Crippen LogP) is 3.58. The summed E-state index contributed by atoms with van der Waals surface area (Å²) >= 11 is 11.7. The van der Waals surface area contributed by atoms with E-state index in [0.29, 0.717) is 27.3 Å². The molecule has 0 spiro atoms. The van der Waals surface area contributed by atoms with Crippen LogP contribution in [0.25, 0.3) is 0 Å². The van der Waals surface area contributed by atoms with Crippen molar-refractivity contribution in [3.05, 3.63) is 41.4 Å². The van der Waals surface area contributed by atoms with Crippen molar-refractivity contribution in [1.29, 1.82) is 0 Å². The van der Waals surface area contributed by atoms with Crippen molar-refractivity contribution in [3.63, 3.8) is 0 Å². The number of nitrogens with zero attached hydrogens (tertiary/aromatic N) is 2. The molecule has 0 saturated carbocycles. The summed E-state index contributed by atoms with van der Waals surface area (Å²) < 4.78 is 10.7. The van der Waals surface area contributed by atoms with Crippen molar-refractivity contribution < 1.29 is 14.6 Å². The van der Waals surface area contributed by atoms with Crippen LogP contribution in [-0.2, 0) is 0 Å². The lowest BCUT2D eigenvalue weighted by Crippen LogP contribution is -2.50. The molecule has 1 fully saturated rings. The number of anilines is 2. The van der Waals surface area contributed by atoms with Gasteiger partial charge in [0.2, 0.25) is 0 Å². The minimum atomic E-state index is 0.273. The van der Waals surface area contributed by atoms with Gasteiger partial charge in [-0.15, -0.1) is 0 Å². The number of thiocarbonyl (C=S) groups is 1. The number of benzene rings is 2. The first-order valence-corrected chi connectivity index (χ1v) is 9.32. The number of aromatic hydroxyl groups is 1. The molecule has 1 heterocycles. The van der Waals surface area contributed by atoms with Crippen LogP contribution < -0.4 is 19.7 Å². The van der Waals surface area contributed by atoms with Crippen molar-refractivity contribution >= 4 is 40.3 Å². The van der Waals surface area contributed by atoms with Gasteiger partial charge in [0, 0.05) is 44.0 Å². The van der Waals surface area contributed by atoms with E-state index < -0.39 is 0 Å². The van der Waals surface area contributed by atoms with E-state index in [1.807, 2.05) is 12.1 Å². The highest BCUT2D eigenvalue weighted by Gasteiger charge is 2.20. The molecule has 2 aromatic carbocycles. The summed E-state index contributed by atoms with van der Waals surface area (Å²) in [5, 5.41) is 13.8. The van der Waals surface area contributed by atoms with Crippen molar-refractivity contribution in [2.24, 2.45) is 0 Å². The zero-order valence-electron chi connectivity index (χ0n) is 15.2. The average Bonchev–Trinajstić information content (AvgIpc) is 2.69. The molecule has 0 aliphatic carbocycles. The van der Waals surface area contributed by atoms with Gasteiger partial charge < -0.3 is 29.7 Å². The number of nitrogens with one attached hydrogen (secondary N) is 1. The molecule has 2 N–H and O–H groups in total. The van der Waals surface area contributed by atoms with Crippen molar-refractivity contribution in [3.8, 4) is 17.2 Å². The van der Waals surface area contributed by atoms with Crippen molar-refractivity contribution in [2.45, 2.75) is 0 Å². The largest absolute Gasteiger partial charge is 0.508 e. The fourth-order valence-electron chi connectivity index (χ4n) is 2.98. The van der Waals surface area contributed by atoms with Crippen LogP contribution in [0.5, 0.6) is 17.2 Å². The van der Waals surface area contributed by atoms with Crippen LogP contribution in [-0.4, -0.2) is 55.5 Å². The number of halogens is 1. The Bertz CT molecular complexity index is 809. The SMILES string of the molecule is COc1cc(NC(=S)N2CCN(c3ccc(O)cc3)CC2)c(OC)cc1Cl. The Balaban J connectivity index is 1.64. The van der Waals surface area contributed by atoms with E-state index in [1.165, 1.54) is 0 Å². The third kappa shape index (κ3) is 4.48. The van der Waals surface area contributed by atoms with Gasteiger partial charge >= 0.3 is 0 Å². The Morgan fingerprint density at radius 2 is 1.67 bits per heavy atom. The van der Waals surface area contributed by atoms with E-state index in [-0.39, 0.29) is 5.75 Å². The molecule has 0 bridgehead atoms. The molecule has 0 amide bonds. The van der Waals surface area contributed by atoms with Crippen LogP contribution in [0.2, 0.25) is 5.02 Å². The number of methoxy groups -OCH3 is 2. The van der Waals surface area contributed by atoms with E-state index in [4.69, 9.17) is 33.3 Å². The van der Waals surface area contributed by atoms with Gasteiger partial charge in [0.1, 0.15) is 17.2 Å². The van der Waals surface area contributed by atoms with Gasteiger partial charge in [0.05, 0.1) is 24.9 Å². The molecule has 144 valence electrons. The normalized spacial score (nSPS) is 14.0. The molecule has 3 rings (SSSR count). The van der Waals surface area contributed by atoms with Gasteiger partial charge in [-0.2, -0.15) is 0 Å². The first kappa shape index (κ1) is 19.4. The van der Waals surface area contributed by atoms with Crippen LogP contribution in [0.4, 0.5) is 11.4 Å². The van der Waals surface area contributed by atoms with Crippen molar-refractivity contribution in [1.82, 2.24) is 4.90 Å². The number of phenols is 1. The van der Waals surface area contributed by atoms with Crippen LogP contribution in [0.3, 0.4) is 0 Å². The molecule has 0 aromatic heterocycles. The van der Waals surface area contributed by atoms with Gasteiger partial charge in [-0.1, -0.05) is 11.6 Å². The summed E-state index contributed by atoms with van der Waals surface area (Å²) in [5.74, 6) is 1.43. The fraction of sp³-hybridized carbons (Fsp3) is 0.316. The van der Waals surface area contributed by atoms with Crippen LogP contribution in [0.15, 0.2) is 36.4 Å². The maximum absolute atomic E-state index is 9.43. The summed E-state index contributed by atoms with van der Waals surface area (Å²) in [6.45, 7) is 3.26. The van der Waals surface area contributed by atoms with Crippen LogP contribution in [0.1, 0.15) is 0 Å². The van der Waals surface area contributed by atoms with Crippen LogP contribution in [0, 0.1) is 0 Å². The molecular weight excluding hydrogens is 386 g/mol. The van der Waals surface area contributed by atoms with Gasteiger partial charge in [0.25, 0.3) is 0 Å². The lowest BCUT2D eigenvalue weighted by atomic mass is 10.2. The standard InChI is InChI=1S/C19H22ClN3O3S/c1-25-17-12-16(18(26-2)11-15(17)20)21-19(27)23-9-7-22(8-10-23)13-3-5-14(24)6-4-13/h3-6,11-12,24H,7-10H2,1-2H3,(H,21,27). The molecule has 0 atom stereocenters. The average molecular weight is 408 g/mol. The first-order valence-electron chi connectivity index (χ1n) is 8.53. The minimum Gasteiger partial charge on any atom is -0.508 e. The summed E-state index contributed by atoms with van der Waals surface area (Å²) in [7, 11) is 3.15. The quantitative estimate of drug-likeness (QED) is 0.751. The summed E-state index contributed by atoms with van der Waals surface area (Å²) in [5.41, 5.74) is 1.81. The first-order chi connectivity index (χ1) is 13.0. The van der Waals surface area contributed by atoms with Gasteiger partial charge in [-0.3, -0.25) is 0 Å². The lowest BCUT2D eigenvalue weighted by Gasteiger charge is -2.37. The summed E-state index contributed by atoms with van der Waals surface area (Å²) in [6.07, 6.45) is 0. The summed E-state index contributed by atoms with van der Waals surface area (Å²) in [6, 6.07) is 10.7. The van der Waals surface area contributed by atoms with Gasteiger partial charge in [-0.25, -0.2) is 0 Å². The molecule has 8 heteroatoms. The molecule has 27 heavy (non-hydrogen) atoms. The number of hydrogen-bond acceptors (Lipinski definition) is 5. The zero-order chi connectivity index (χ0) is 19.4. The molecule has 6 nitrogen and oxygen atoms in total. The van der Waals surface area contributed by atoms with E-state index in [2.05, 4.69) is 15.1 Å². The Morgan fingerprint density at radius 1 is 1.04 bits per heavy atom. The second kappa shape index (κ2) is 8.54. The third-order valence-electron chi connectivity index (χ3n) is 4.50. The Kier molecular flexibility index (Phi) is 6.13. The lowest BCUT2D eigenvalue weighted by molar-refractivity contribution is 0.389. The zero-order valence-corrected chi connectivity index (χ0v) is 16.8. The van der Waals surface area contributed by atoms with E-state index >= 15 is 0 Å². The van der Waals surface area contributed by atoms with E-state index in [9.17, 15) is 5.11 Å². The molecule has 2 aromatic rings. The minimum absolute atomic E-state index is 0.273. The topological polar surface area (TPSA) is 57.2 Å². The van der Waals surface area contributed by atoms with E-state index in [0.717, 1.165) is 31.9 Å². The molecule has 0 unspecified atom stereocenters. The fourth-order valence-corrected chi connectivity index (χ4v) is 3.51. The molecule has 0 radical (unpaired) electrons. The van der Waals surface area contributed by atoms with Gasteiger partial charge in [0.15, 0.2) is 5.11 Å². The molecular formula is C19H22ClN3O3S. The van der Waals surface area contributed by atoms with Gasteiger partial charge in [-0.05, 0) is 36.5 Å². The highest BCUT2D eigenvalue weighted by Crippen LogP contribution is 2.36. The second-order valence-electron chi connectivity index (χ2n) is 6.11. The molecule has 1 aliphatic rings. The second-order valence-corrected chi connectivity index (χ2v) is 6.90. The predicted molar refractivity (Wildman–Crippen MR) is 113 cm³/mol. The Hall–Kier alpha value is -2.38. The maximum atomic E-state index is 9.43. The Morgan fingerprint density at radius 3 is 2.26 bits per heavy atom. The molecule has 1 aliphatic heterocycles. The number of ether oxygens (including phenoxy) is 2. The van der Waals surface area contributed by atoms with Crippen LogP contribution >= 0.6 is 23.8 Å². The number of phenolic OH excluding ortho intramolecular Hbond substituents is 1. The monoisotopic (exact) mass is 407 g/mol. The smallest absolute Gasteiger partial charge is 0.173 e. The Labute approximate surface area is 169 Å². The number of piperazine rings is 1.